The molecule has 4 nitrogen and oxygen atoms in total. The Morgan fingerprint density at radius 3 is 2.52 bits per heavy atom. The van der Waals surface area contributed by atoms with Crippen LogP contribution in [0.3, 0.4) is 0 Å². The van der Waals surface area contributed by atoms with E-state index in [9.17, 15) is 5.11 Å². The zero-order chi connectivity index (χ0) is 14.7. The first kappa shape index (κ1) is 14.7. The van der Waals surface area contributed by atoms with Crippen LogP contribution in [0.2, 0.25) is 0 Å². The monoisotopic (exact) mass is 290 g/mol. The van der Waals surface area contributed by atoms with Gasteiger partial charge in [-0.1, -0.05) is 12.8 Å². The maximum atomic E-state index is 9.99. The van der Waals surface area contributed by atoms with E-state index in [2.05, 4.69) is 9.80 Å². The van der Waals surface area contributed by atoms with E-state index in [0.717, 1.165) is 50.1 Å². The van der Waals surface area contributed by atoms with Gasteiger partial charge in [0.15, 0.2) is 0 Å². The molecule has 2 aliphatic rings. The van der Waals surface area contributed by atoms with Crippen LogP contribution in [0.5, 0.6) is 11.5 Å². The molecular formula is C17H26N2O2. The molecule has 1 aliphatic heterocycles. The van der Waals surface area contributed by atoms with Gasteiger partial charge in [-0.15, -0.1) is 0 Å². The van der Waals surface area contributed by atoms with Gasteiger partial charge in [0.25, 0.3) is 0 Å². The minimum absolute atomic E-state index is 0.369. The number of hydrogen-bond donors (Lipinski definition) is 1. The highest BCUT2D eigenvalue weighted by molar-refractivity contribution is 5.39. The number of methoxy groups -OCH3 is 1. The zero-order valence-electron chi connectivity index (χ0n) is 12.9. The predicted octanol–water partition coefficient (Wildman–Crippen LogP) is 2.46. The van der Waals surface area contributed by atoms with Crippen LogP contribution in [0.4, 0.5) is 0 Å². The fourth-order valence-corrected chi connectivity index (χ4v) is 3.61. The summed E-state index contributed by atoms with van der Waals surface area (Å²) >= 11 is 0. The first-order chi connectivity index (χ1) is 10.3. The van der Waals surface area contributed by atoms with Gasteiger partial charge in [-0.25, -0.2) is 0 Å². The molecule has 1 saturated heterocycles. The summed E-state index contributed by atoms with van der Waals surface area (Å²) in [5.74, 6) is 1.18. The number of piperazine rings is 1. The lowest BCUT2D eigenvalue weighted by molar-refractivity contribution is 0.0932. The van der Waals surface area contributed by atoms with Crippen LogP contribution < -0.4 is 4.74 Å². The summed E-state index contributed by atoms with van der Waals surface area (Å²) in [5.41, 5.74) is 0.962. The molecule has 1 aliphatic carbocycles. The van der Waals surface area contributed by atoms with E-state index in [4.69, 9.17) is 4.74 Å². The molecule has 0 spiro atoms. The average Bonchev–Trinajstić information content (AvgIpc) is 3.04. The van der Waals surface area contributed by atoms with Crippen LogP contribution in [0, 0.1) is 0 Å². The SMILES string of the molecule is COc1ccc(O)c(CN2CCN(C3CCCC3)CC2)c1. The van der Waals surface area contributed by atoms with Gasteiger partial charge in [-0.2, -0.15) is 0 Å². The summed E-state index contributed by atoms with van der Waals surface area (Å²) in [5, 5.41) is 9.99. The summed E-state index contributed by atoms with van der Waals surface area (Å²) in [4.78, 5) is 5.09. The maximum absolute atomic E-state index is 9.99. The van der Waals surface area contributed by atoms with E-state index in [1.165, 1.54) is 25.7 Å². The van der Waals surface area contributed by atoms with Crippen molar-refractivity contribution in [3.05, 3.63) is 23.8 Å². The largest absolute Gasteiger partial charge is 0.508 e. The van der Waals surface area contributed by atoms with Crippen molar-refractivity contribution in [1.82, 2.24) is 9.80 Å². The van der Waals surface area contributed by atoms with E-state index in [1.54, 1.807) is 19.2 Å². The number of aromatic hydroxyl groups is 1. The number of ether oxygens (including phenoxy) is 1. The molecule has 1 heterocycles. The number of rotatable bonds is 4. The smallest absolute Gasteiger partial charge is 0.120 e. The maximum Gasteiger partial charge on any atom is 0.120 e. The highest BCUT2D eigenvalue weighted by Gasteiger charge is 2.26. The molecule has 1 N–H and O–H groups in total. The van der Waals surface area contributed by atoms with Gasteiger partial charge in [-0.05, 0) is 31.0 Å². The molecule has 4 heteroatoms. The molecule has 2 fully saturated rings. The zero-order valence-corrected chi connectivity index (χ0v) is 12.9. The van der Waals surface area contributed by atoms with Gasteiger partial charge < -0.3 is 9.84 Å². The van der Waals surface area contributed by atoms with Crippen LogP contribution in [0.1, 0.15) is 31.2 Å². The average molecular weight is 290 g/mol. The molecule has 0 bridgehead atoms. The topological polar surface area (TPSA) is 35.9 Å². The molecule has 0 unspecified atom stereocenters. The van der Waals surface area contributed by atoms with Gasteiger partial charge >= 0.3 is 0 Å². The lowest BCUT2D eigenvalue weighted by atomic mass is 10.1. The minimum Gasteiger partial charge on any atom is -0.508 e. The van der Waals surface area contributed by atoms with Gasteiger partial charge in [0.05, 0.1) is 7.11 Å². The number of hydrogen-bond acceptors (Lipinski definition) is 4. The van der Waals surface area contributed by atoms with Gasteiger partial charge in [0.1, 0.15) is 11.5 Å². The summed E-state index contributed by atoms with van der Waals surface area (Å²) in [6, 6.07) is 6.30. The second kappa shape index (κ2) is 6.67. The Bertz CT molecular complexity index is 464. The third-order valence-electron chi connectivity index (χ3n) is 4.93. The lowest BCUT2D eigenvalue weighted by Crippen LogP contribution is -2.49. The molecule has 0 radical (unpaired) electrons. The Balaban J connectivity index is 1.55. The van der Waals surface area contributed by atoms with Crippen molar-refractivity contribution in [2.75, 3.05) is 33.3 Å². The molecule has 1 aromatic carbocycles. The van der Waals surface area contributed by atoms with E-state index >= 15 is 0 Å². The van der Waals surface area contributed by atoms with Crippen LogP contribution in [-0.2, 0) is 6.54 Å². The van der Waals surface area contributed by atoms with Crippen LogP contribution in [0.25, 0.3) is 0 Å². The van der Waals surface area contributed by atoms with E-state index in [0.29, 0.717) is 5.75 Å². The minimum atomic E-state index is 0.369. The lowest BCUT2D eigenvalue weighted by Gasteiger charge is -2.38. The summed E-state index contributed by atoms with van der Waals surface area (Å²) < 4.78 is 5.25. The van der Waals surface area contributed by atoms with Crippen molar-refractivity contribution >= 4 is 0 Å². The number of benzene rings is 1. The third-order valence-corrected chi connectivity index (χ3v) is 4.93. The Hall–Kier alpha value is -1.26. The van der Waals surface area contributed by atoms with Crippen molar-refractivity contribution in [1.29, 1.82) is 0 Å². The van der Waals surface area contributed by atoms with Crippen LogP contribution in [0.15, 0.2) is 18.2 Å². The van der Waals surface area contributed by atoms with E-state index in [1.807, 2.05) is 6.07 Å². The summed E-state index contributed by atoms with van der Waals surface area (Å²) in [6.07, 6.45) is 5.58. The summed E-state index contributed by atoms with van der Waals surface area (Å²) in [7, 11) is 1.66. The molecule has 0 aromatic heterocycles. The Labute approximate surface area is 127 Å². The standard InChI is InChI=1S/C17H26N2O2/c1-21-16-6-7-17(20)14(12-16)13-18-8-10-19(11-9-18)15-4-2-3-5-15/h6-7,12,15,20H,2-5,8-11,13H2,1H3. The van der Waals surface area contributed by atoms with Crippen LogP contribution >= 0.6 is 0 Å². The third kappa shape index (κ3) is 3.50. The first-order valence-electron chi connectivity index (χ1n) is 8.08. The van der Waals surface area contributed by atoms with Crippen molar-refractivity contribution in [2.24, 2.45) is 0 Å². The number of phenols is 1. The fraction of sp³-hybridized carbons (Fsp3) is 0.647. The molecular weight excluding hydrogens is 264 g/mol. The quantitative estimate of drug-likeness (QED) is 0.924. The second-order valence-electron chi connectivity index (χ2n) is 6.25. The van der Waals surface area contributed by atoms with Crippen molar-refractivity contribution in [3.8, 4) is 11.5 Å². The van der Waals surface area contributed by atoms with Crippen molar-refractivity contribution in [2.45, 2.75) is 38.3 Å². The van der Waals surface area contributed by atoms with Crippen LogP contribution in [-0.4, -0.2) is 54.2 Å². The van der Waals surface area contributed by atoms with Gasteiger partial charge in [-0.3, -0.25) is 9.80 Å². The van der Waals surface area contributed by atoms with E-state index in [-0.39, 0.29) is 0 Å². The number of phenolic OH excluding ortho intramolecular Hbond substituents is 1. The number of nitrogens with zero attached hydrogens (tertiary/aromatic N) is 2. The molecule has 1 aromatic rings. The predicted molar refractivity (Wildman–Crippen MR) is 83.8 cm³/mol. The normalized spacial score (nSPS) is 21.8. The first-order valence-corrected chi connectivity index (χ1v) is 8.08. The van der Waals surface area contributed by atoms with Gasteiger partial charge in [0.2, 0.25) is 0 Å². The Kier molecular flexibility index (Phi) is 4.66. The Morgan fingerprint density at radius 2 is 1.86 bits per heavy atom. The molecule has 116 valence electrons. The van der Waals surface area contributed by atoms with E-state index < -0.39 is 0 Å². The molecule has 0 atom stereocenters. The summed E-state index contributed by atoms with van der Waals surface area (Å²) in [6.45, 7) is 5.31. The van der Waals surface area contributed by atoms with Gasteiger partial charge in [0, 0.05) is 44.3 Å². The fourth-order valence-electron chi connectivity index (χ4n) is 3.61. The van der Waals surface area contributed by atoms with Crippen molar-refractivity contribution in [3.63, 3.8) is 0 Å². The molecule has 3 rings (SSSR count). The van der Waals surface area contributed by atoms with Crippen molar-refractivity contribution < 1.29 is 9.84 Å². The highest BCUT2D eigenvalue weighted by atomic mass is 16.5. The highest BCUT2D eigenvalue weighted by Crippen LogP contribution is 2.27. The molecule has 0 amide bonds. The Morgan fingerprint density at radius 1 is 1.14 bits per heavy atom. The molecule has 1 saturated carbocycles. The second-order valence-corrected chi connectivity index (χ2v) is 6.25. The molecule has 21 heavy (non-hydrogen) atoms.